The van der Waals surface area contributed by atoms with Crippen LogP contribution < -0.4 is 0 Å². The SMILES string of the molecule is C=C(CC(=O)c1c(CCCCOCc2ccccc2)n(C)c2ncc(C#N)cc12)Cc1nn[nH]n1. The summed E-state index contributed by atoms with van der Waals surface area (Å²) in [5.41, 5.74) is 4.46. The fraction of sp³-hybridized carbons (Fsp3) is 0.308. The summed E-state index contributed by atoms with van der Waals surface area (Å²) in [4.78, 5) is 17.9. The number of hydrogen-bond acceptors (Lipinski definition) is 7. The monoisotopic (exact) mass is 469 g/mol. The highest BCUT2D eigenvalue weighted by Gasteiger charge is 2.23. The number of benzene rings is 1. The standard InChI is InChI=1S/C26H27N7O2/c1-18(13-24-29-31-32-30-24)12-23(34)25-21-14-20(15-27)16-28-26(21)33(2)22(25)10-6-7-11-35-17-19-8-4-3-5-9-19/h3-5,8-9,14,16H,1,6-7,10-13,17H2,2H3,(H,29,30,31,32). The van der Waals surface area contributed by atoms with Crippen LogP contribution in [0.1, 0.15) is 52.3 Å². The maximum atomic E-state index is 13.4. The number of pyridine rings is 1. The smallest absolute Gasteiger partial charge is 0.178 e. The van der Waals surface area contributed by atoms with Crippen LogP contribution in [0.25, 0.3) is 11.0 Å². The molecule has 0 aliphatic rings. The van der Waals surface area contributed by atoms with Crippen molar-refractivity contribution in [3.63, 3.8) is 0 Å². The van der Waals surface area contributed by atoms with E-state index in [1.165, 1.54) is 6.20 Å². The largest absolute Gasteiger partial charge is 0.377 e. The predicted octanol–water partition coefficient (Wildman–Crippen LogP) is 3.87. The van der Waals surface area contributed by atoms with E-state index in [0.29, 0.717) is 59.6 Å². The zero-order valence-electron chi connectivity index (χ0n) is 19.7. The molecule has 0 saturated carbocycles. The van der Waals surface area contributed by atoms with E-state index in [1.54, 1.807) is 6.07 Å². The molecule has 0 radical (unpaired) electrons. The number of rotatable bonds is 12. The predicted molar refractivity (Wildman–Crippen MR) is 130 cm³/mol. The Balaban J connectivity index is 1.46. The van der Waals surface area contributed by atoms with Gasteiger partial charge in [-0.05, 0) is 30.9 Å². The number of Topliss-reactive ketones (excluding diaryl/α,β-unsaturated/α-hetero) is 1. The van der Waals surface area contributed by atoms with E-state index >= 15 is 0 Å². The number of H-pyrrole nitrogens is 1. The lowest BCUT2D eigenvalue weighted by Gasteiger charge is -2.09. The van der Waals surface area contributed by atoms with Crippen molar-refractivity contribution in [3.8, 4) is 6.07 Å². The van der Waals surface area contributed by atoms with Crippen molar-refractivity contribution in [1.29, 1.82) is 5.26 Å². The summed E-state index contributed by atoms with van der Waals surface area (Å²) in [6.45, 7) is 5.26. The van der Waals surface area contributed by atoms with Gasteiger partial charge in [-0.15, -0.1) is 10.2 Å². The normalized spacial score (nSPS) is 11.0. The molecule has 0 bridgehead atoms. The van der Waals surface area contributed by atoms with Gasteiger partial charge in [-0.25, -0.2) is 4.98 Å². The number of ether oxygens (including phenoxy) is 1. The molecule has 178 valence electrons. The molecule has 1 N–H and O–H groups in total. The van der Waals surface area contributed by atoms with Crippen LogP contribution >= 0.6 is 0 Å². The van der Waals surface area contributed by atoms with Gasteiger partial charge >= 0.3 is 0 Å². The lowest BCUT2D eigenvalue weighted by molar-refractivity contribution is 0.0992. The lowest BCUT2D eigenvalue weighted by Crippen LogP contribution is -2.08. The van der Waals surface area contributed by atoms with Crippen LogP contribution in [-0.4, -0.2) is 42.6 Å². The minimum absolute atomic E-state index is 0.0590. The second-order valence-corrected chi connectivity index (χ2v) is 8.44. The van der Waals surface area contributed by atoms with Crippen molar-refractivity contribution in [1.82, 2.24) is 30.2 Å². The van der Waals surface area contributed by atoms with Crippen LogP contribution in [-0.2, 0) is 31.2 Å². The molecule has 0 aliphatic heterocycles. The third-order valence-electron chi connectivity index (χ3n) is 5.83. The molecule has 4 rings (SSSR count). The van der Waals surface area contributed by atoms with E-state index < -0.39 is 0 Å². The summed E-state index contributed by atoms with van der Waals surface area (Å²) in [6, 6.07) is 13.9. The highest BCUT2D eigenvalue weighted by Crippen LogP contribution is 2.28. The highest BCUT2D eigenvalue weighted by molar-refractivity contribution is 6.09. The van der Waals surface area contributed by atoms with Crippen LogP contribution in [0.4, 0.5) is 0 Å². The Morgan fingerprint density at radius 1 is 1.26 bits per heavy atom. The molecular formula is C26H27N7O2. The van der Waals surface area contributed by atoms with Crippen LogP contribution in [0.2, 0.25) is 0 Å². The first-order chi connectivity index (χ1) is 17.1. The number of carbonyl (C=O) groups excluding carboxylic acids is 1. The Kier molecular flexibility index (Phi) is 7.75. The number of nitriles is 1. The third kappa shape index (κ3) is 5.86. The van der Waals surface area contributed by atoms with E-state index in [1.807, 2.05) is 41.9 Å². The maximum absolute atomic E-state index is 13.4. The molecule has 0 fully saturated rings. The van der Waals surface area contributed by atoms with Crippen molar-refractivity contribution in [2.45, 2.75) is 38.7 Å². The van der Waals surface area contributed by atoms with Gasteiger partial charge in [-0.2, -0.15) is 10.5 Å². The maximum Gasteiger partial charge on any atom is 0.178 e. The number of unbranched alkanes of at least 4 members (excludes halogenated alkanes) is 1. The van der Waals surface area contributed by atoms with Gasteiger partial charge in [0.2, 0.25) is 0 Å². The summed E-state index contributed by atoms with van der Waals surface area (Å²) < 4.78 is 7.76. The number of tetrazole rings is 1. The zero-order valence-corrected chi connectivity index (χ0v) is 19.7. The number of nitrogens with zero attached hydrogens (tertiary/aromatic N) is 6. The quantitative estimate of drug-likeness (QED) is 0.190. The van der Waals surface area contributed by atoms with E-state index in [4.69, 9.17) is 4.74 Å². The van der Waals surface area contributed by atoms with Crippen LogP contribution in [0.15, 0.2) is 54.7 Å². The second kappa shape index (κ2) is 11.3. The molecule has 0 amide bonds. The van der Waals surface area contributed by atoms with Crippen LogP contribution in [0.5, 0.6) is 0 Å². The minimum atomic E-state index is -0.0590. The zero-order chi connectivity index (χ0) is 24.6. The number of aromatic amines is 1. The average Bonchev–Trinajstić information content (AvgIpc) is 3.47. The molecule has 3 aromatic heterocycles. The molecule has 4 aromatic rings. The fourth-order valence-electron chi connectivity index (χ4n) is 4.14. The van der Waals surface area contributed by atoms with Crippen LogP contribution in [0, 0.1) is 11.3 Å². The Labute approximate surface area is 203 Å². The van der Waals surface area contributed by atoms with Gasteiger partial charge in [-0.3, -0.25) is 4.79 Å². The van der Waals surface area contributed by atoms with Gasteiger partial charge in [0.05, 0.1) is 12.2 Å². The number of nitrogens with one attached hydrogen (secondary N) is 1. The number of aromatic nitrogens is 6. The first kappa shape index (κ1) is 24.0. The van der Waals surface area contributed by atoms with Gasteiger partial charge in [0, 0.05) is 49.3 Å². The van der Waals surface area contributed by atoms with Crippen molar-refractivity contribution < 1.29 is 9.53 Å². The third-order valence-corrected chi connectivity index (χ3v) is 5.83. The minimum Gasteiger partial charge on any atom is -0.377 e. The molecule has 1 aromatic carbocycles. The number of carbonyl (C=O) groups is 1. The van der Waals surface area contributed by atoms with Gasteiger partial charge in [0.25, 0.3) is 0 Å². The summed E-state index contributed by atoms with van der Waals surface area (Å²) >= 11 is 0. The van der Waals surface area contributed by atoms with E-state index in [-0.39, 0.29) is 12.2 Å². The molecule has 0 atom stereocenters. The first-order valence-corrected chi connectivity index (χ1v) is 11.5. The van der Waals surface area contributed by atoms with Gasteiger partial charge < -0.3 is 9.30 Å². The first-order valence-electron chi connectivity index (χ1n) is 11.5. The molecule has 9 nitrogen and oxygen atoms in total. The summed E-state index contributed by atoms with van der Waals surface area (Å²) in [5, 5.41) is 23.9. The molecule has 0 saturated heterocycles. The summed E-state index contributed by atoms with van der Waals surface area (Å²) in [6.07, 6.45) is 4.47. The van der Waals surface area contributed by atoms with Crippen molar-refractivity contribution in [2.24, 2.45) is 7.05 Å². The average molecular weight is 470 g/mol. The number of allylic oxidation sites excluding steroid dienone is 1. The summed E-state index contributed by atoms with van der Waals surface area (Å²) in [5.74, 6) is 0.432. The second-order valence-electron chi connectivity index (χ2n) is 8.44. The van der Waals surface area contributed by atoms with Gasteiger partial charge in [0.15, 0.2) is 11.6 Å². The number of ketones is 1. The van der Waals surface area contributed by atoms with E-state index in [0.717, 1.165) is 24.1 Å². The Hall–Kier alpha value is -4.16. The van der Waals surface area contributed by atoms with Crippen LogP contribution in [0.3, 0.4) is 0 Å². The Morgan fingerprint density at radius 3 is 2.83 bits per heavy atom. The van der Waals surface area contributed by atoms with Gasteiger partial charge in [-0.1, -0.05) is 47.7 Å². The fourth-order valence-corrected chi connectivity index (χ4v) is 4.14. The molecule has 3 heterocycles. The summed E-state index contributed by atoms with van der Waals surface area (Å²) in [7, 11) is 1.91. The molecule has 9 heteroatoms. The lowest BCUT2D eigenvalue weighted by atomic mass is 9.97. The van der Waals surface area contributed by atoms with E-state index in [2.05, 4.69) is 38.3 Å². The molecule has 35 heavy (non-hydrogen) atoms. The molecule has 0 spiro atoms. The molecular weight excluding hydrogens is 442 g/mol. The Morgan fingerprint density at radius 2 is 2.09 bits per heavy atom. The number of hydrogen-bond donors (Lipinski definition) is 1. The van der Waals surface area contributed by atoms with Gasteiger partial charge in [0.1, 0.15) is 11.7 Å². The van der Waals surface area contributed by atoms with E-state index in [9.17, 15) is 10.1 Å². The Bertz CT molecular complexity index is 1350. The topological polar surface area (TPSA) is 122 Å². The molecule has 0 unspecified atom stereocenters. The van der Waals surface area contributed by atoms with Crippen molar-refractivity contribution in [2.75, 3.05) is 6.61 Å². The highest BCUT2D eigenvalue weighted by atomic mass is 16.5. The molecule has 0 aliphatic carbocycles. The number of fused-ring (bicyclic) bond motifs is 1. The van der Waals surface area contributed by atoms with Crippen molar-refractivity contribution in [3.05, 3.63) is 83.0 Å². The van der Waals surface area contributed by atoms with Crippen molar-refractivity contribution >= 4 is 16.8 Å². The number of aryl methyl sites for hydroxylation is 1.